The number of hydrogen-bond acceptors (Lipinski definition) is 7. The highest BCUT2D eigenvalue weighted by Crippen LogP contribution is 2.33. The van der Waals surface area contributed by atoms with E-state index in [4.69, 9.17) is 9.83 Å². The molecule has 9 nitrogen and oxygen atoms in total. The fourth-order valence-electron chi connectivity index (χ4n) is 3.02. The number of fused-ring (bicyclic) bond motifs is 1. The Morgan fingerprint density at radius 3 is 2.87 bits per heavy atom. The van der Waals surface area contributed by atoms with Crippen LogP contribution in [0.4, 0.5) is 5.69 Å². The number of carbonyl (C=O) groups is 1. The van der Waals surface area contributed by atoms with Crippen molar-refractivity contribution in [2.24, 2.45) is 10.1 Å². The van der Waals surface area contributed by atoms with Gasteiger partial charge in [-0.15, -0.1) is 0 Å². The molecule has 0 saturated carbocycles. The van der Waals surface area contributed by atoms with E-state index in [0.717, 1.165) is 24.3 Å². The first-order chi connectivity index (χ1) is 14.5. The van der Waals surface area contributed by atoms with Crippen LogP contribution in [-0.2, 0) is 4.79 Å². The van der Waals surface area contributed by atoms with Gasteiger partial charge in [0.1, 0.15) is 16.6 Å². The second-order valence-electron chi connectivity index (χ2n) is 6.59. The predicted molar refractivity (Wildman–Crippen MR) is 115 cm³/mol. The van der Waals surface area contributed by atoms with Crippen LogP contribution in [-0.4, -0.2) is 31.9 Å². The molecule has 4 rings (SSSR count). The molecule has 0 radical (unpaired) electrons. The van der Waals surface area contributed by atoms with E-state index in [1.165, 1.54) is 28.9 Å². The topological polar surface area (TPSA) is 125 Å². The number of hydrogen-bond donors (Lipinski definition) is 1. The first-order valence-corrected chi connectivity index (χ1v) is 10.1. The summed E-state index contributed by atoms with van der Waals surface area (Å²) >= 11 is 1.31. The Morgan fingerprint density at radius 1 is 1.30 bits per heavy atom. The molecule has 1 amide bonds. The van der Waals surface area contributed by atoms with Crippen LogP contribution in [0.25, 0.3) is 17.4 Å². The summed E-state index contributed by atoms with van der Waals surface area (Å²) in [5.74, 6) is -0.0383. The molecule has 0 spiro atoms. The van der Waals surface area contributed by atoms with Crippen LogP contribution in [0, 0.1) is 15.5 Å². The lowest BCUT2D eigenvalue weighted by Crippen LogP contribution is -2.35. The first kappa shape index (κ1) is 19.8. The third-order valence-electron chi connectivity index (χ3n) is 4.52. The van der Waals surface area contributed by atoms with E-state index in [-0.39, 0.29) is 22.9 Å². The SMILES string of the molecule is CCCCC1=NN2C(=N)C(=Cc3ccc(-c4ccccc4[N+](=O)[O-])o3)C(=O)N=C2S1. The maximum atomic E-state index is 12.5. The van der Waals surface area contributed by atoms with Crippen LogP contribution in [0.2, 0.25) is 0 Å². The molecular weight excluding hydrogens is 406 g/mol. The average molecular weight is 423 g/mol. The highest BCUT2D eigenvalue weighted by molar-refractivity contribution is 8.26. The molecule has 2 aromatic rings. The van der Waals surface area contributed by atoms with E-state index in [9.17, 15) is 14.9 Å². The van der Waals surface area contributed by atoms with Gasteiger partial charge in [-0.1, -0.05) is 25.5 Å². The molecule has 2 aliphatic rings. The number of carbonyl (C=O) groups excluding carboxylic acids is 1. The molecule has 0 fully saturated rings. The summed E-state index contributed by atoms with van der Waals surface area (Å²) < 4.78 is 5.71. The fourth-order valence-corrected chi connectivity index (χ4v) is 3.95. The Hall–Kier alpha value is -3.53. The van der Waals surface area contributed by atoms with Crippen molar-refractivity contribution in [1.82, 2.24) is 5.01 Å². The number of nitro groups is 1. The summed E-state index contributed by atoms with van der Waals surface area (Å²) in [5.41, 5.74) is 0.298. The second-order valence-corrected chi connectivity index (χ2v) is 7.63. The van der Waals surface area contributed by atoms with Crippen LogP contribution in [0.3, 0.4) is 0 Å². The first-order valence-electron chi connectivity index (χ1n) is 9.30. The van der Waals surface area contributed by atoms with Gasteiger partial charge in [-0.2, -0.15) is 15.1 Å². The van der Waals surface area contributed by atoms with Crippen LogP contribution in [0.1, 0.15) is 31.9 Å². The lowest BCUT2D eigenvalue weighted by molar-refractivity contribution is -0.384. The van der Waals surface area contributed by atoms with E-state index in [2.05, 4.69) is 17.0 Å². The molecule has 0 unspecified atom stereocenters. The Kier molecular flexibility index (Phi) is 5.32. The lowest BCUT2D eigenvalue weighted by Gasteiger charge is -2.19. The van der Waals surface area contributed by atoms with Gasteiger partial charge in [0, 0.05) is 6.07 Å². The van der Waals surface area contributed by atoms with Gasteiger partial charge in [0.2, 0.25) is 5.17 Å². The Bertz CT molecular complexity index is 1150. The van der Waals surface area contributed by atoms with Crippen molar-refractivity contribution in [2.75, 3.05) is 0 Å². The zero-order chi connectivity index (χ0) is 21.3. The number of hydrazone groups is 1. The largest absolute Gasteiger partial charge is 0.456 e. The minimum absolute atomic E-state index is 0.0447. The minimum Gasteiger partial charge on any atom is -0.456 e. The number of furan rings is 1. The molecule has 3 heterocycles. The third-order valence-corrected chi connectivity index (χ3v) is 5.49. The van der Waals surface area contributed by atoms with Crippen molar-refractivity contribution in [3.8, 4) is 11.3 Å². The van der Waals surface area contributed by atoms with Gasteiger partial charge >= 0.3 is 0 Å². The fraction of sp³-hybridized carbons (Fsp3) is 0.200. The summed E-state index contributed by atoms with van der Waals surface area (Å²) in [7, 11) is 0. The Morgan fingerprint density at radius 2 is 2.10 bits per heavy atom. The standard InChI is InChI=1S/C20H17N5O4S/c1-2-3-8-17-23-24-18(21)14(19(26)22-20(24)30-17)11-12-9-10-16(29-12)13-6-4-5-7-15(13)25(27)28/h4-7,9-11,21H,2-3,8H2,1H3. The van der Waals surface area contributed by atoms with Crippen molar-refractivity contribution in [3.05, 3.63) is 57.8 Å². The maximum absolute atomic E-state index is 12.5. The number of rotatable bonds is 6. The number of para-hydroxylation sites is 1. The van der Waals surface area contributed by atoms with Gasteiger partial charge in [-0.05, 0) is 48.9 Å². The van der Waals surface area contributed by atoms with Crippen LogP contribution < -0.4 is 0 Å². The van der Waals surface area contributed by atoms with Crippen LogP contribution in [0.15, 0.2) is 56.5 Å². The molecule has 0 atom stereocenters. The van der Waals surface area contributed by atoms with E-state index >= 15 is 0 Å². The summed E-state index contributed by atoms with van der Waals surface area (Å²) in [6, 6.07) is 9.42. The van der Waals surface area contributed by atoms with E-state index in [1.54, 1.807) is 30.3 Å². The van der Waals surface area contributed by atoms with Crippen molar-refractivity contribution in [2.45, 2.75) is 26.2 Å². The van der Waals surface area contributed by atoms with Crippen molar-refractivity contribution in [3.63, 3.8) is 0 Å². The zero-order valence-electron chi connectivity index (χ0n) is 16.0. The summed E-state index contributed by atoms with van der Waals surface area (Å²) in [6.07, 6.45) is 4.17. The van der Waals surface area contributed by atoms with Gasteiger partial charge in [0.05, 0.1) is 16.1 Å². The number of thioether (sulfide) groups is 1. The quantitative estimate of drug-likeness (QED) is 0.409. The van der Waals surface area contributed by atoms with Crippen LogP contribution >= 0.6 is 11.8 Å². The van der Waals surface area contributed by atoms with Crippen LogP contribution in [0.5, 0.6) is 0 Å². The smallest absolute Gasteiger partial charge is 0.283 e. The molecule has 0 saturated heterocycles. The number of benzene rings is 1. The summed E-state index contributed by atoms with van der Waals surface area (Å²) in [4.78, 5) is 27.3. The third kappa shape index (κ3) is 3.69. The maximum Gasteiger partial charge on any atom is 0.283 e. The summed E-state index contributed by atoms with van der Waals surface area (Å²) in [6.45, 7) is 2.08. The van der Waals surface area contributed by atoms with E-state index in [0.29, 0.717) is 16.5 Å². The van der Waals surface area contributed by atoms with Gasteiger partial charge in [-0.25, -0.2) is 0 Å². The number of amides is 1. The minimum atomic E-state index is -0.547. The normalized spacial score (nSPS) is 17.2. The van der Waals surface area contributed by atoms with Crippen molar-refractivity contribution >= 4 is 45.5 Å². The van der Waals surface area contributed by atoms with Gasteiger partial charge in [-0.3, -0.25) is 20.3 Å². The molecule has 2 aliphatic heterocycles. The molecule has 1 aromatic carbocycles. The van der Waals surface area contributed by atoms with Gasteiger partial charge in [0.25, 0.3) is 11.6 Å². The highest BCUT2D eigenvalue weighted by Gasteiger charge is 2.35. The van der Waals surface area contributed by atoms with Crippen molar-refractivity contribution < 1.29 is 14.1 Å². The molecule has 0 bridgehead atoms. The summed E-state index contributed by atoms with van der Waals surface area (Å²) in [5, 5.41) is 26.6. The Balaban J connectivity index is 1.62. The number of nitro benzene ring substituents is 1. The zero-order valence-corrected chi connectivity index (χ0v) is 16.8. The molecule has 152 valence electrons. The Labute approximate surface area is 175 Å². The highest BCUT2D eigenvalue weighted by atomic mass is 32.2. The predicted octanol–water partition coefficient (Wildman–Crippen LogP) is 4.66. The molecule has 10 heteroatoms. The molecule has 1 aromatic heterocycles. The van der Waals surface area contributed by atoms with E-state index < -0.39 is 10.8 Å². The molecule has 0 aliphatic carbocycles. The van der Waals surface area contributed by atoms with Gasteiger partial charge < -0.3 is 4.42 Å². The number of aliphatic imine (C=N–C) groups is 1. The molecule has 1 N–H and O–H groups in total. The number of nitrogens with zero attached hydrogens (tertiary/aromatic N) is 4. The number of nitrogens with one attached hydrogen (secondary N) is 1. The number of unbranched alkanes of at least 4 members (excludes halogenated alkanes) is 1. The van der Waals surface area contributed by atoms with Crippen molar-refractivity contribution in [1.29, 1.82) is 5.41 Å². The molecule has 30 heavy (non-hydrogen) atoms. The average Bonchev–Trinajstić information content (AvgIpc) is 3.36. The lowest BCUT2D eigenvalue weighted by atomic mass is 10.1. The monoisotopic (exact) mass is 423 g/mol. The second kappa shape index (κ2) is 8.07. The molecular formula is C20H17N5O4S. The number of amidine groups is 2. The van der Waals surface area contributed by atoms with Gasteiger partial charge in [0.15, 0.2) is 5.84 Å². The van der Waals surface area contributed by atoms with E-state index in [1.807, 2.05) is 0 Å².